The van der Waals surface area contributed by atoms with Crippen molar-refractivity contribution in [3.05, 3.63) is 23.3 Å². The maximum absolute atomic E-state index is 12.0. The van der Waals surface area contributed by atoms with E-state index in [-0.39, 0.29) is 11.3 Å². The molecule has 2 rings (SSSR count). The minimum Gasteiger partial charge on any atom is -0.493 e. The van der Waals surface area contributed by atoms with Crippen LogP contribution in [-0.2, 0) is 11.2 Å². The van der Waals surface area contributed by atoms with Crippen molar-refractivity contribution in [2.24, 2.45) is 5.41 Å². The lowest BCUT2D eigenvalue weighted by Gasteiger charge is -2.20. The Morgan fingerprint density at radius 3 is 2.43 bits per heavy atom. The van der Waals surface area contributed by atoms with Crippen LogP contribution in [0.3, 0.4) is 0 Å². The Morgan fingerprint density at radius 2 is 1.86 bits per heavy atom. The summed E-state index contributed by atoms with van der Waals surface area (Å²) in [5, 5.41) is 3.06. The van der Waals surface area contributed by atoms with Crippen LogP contribution in [0.2, 0.25) is 0 Å². The van der Waals surface area contributed by atoms with E-state index in [1.165, 1.54) is 11.1 Å². The summed E-state index contributed by atoms with van der Waals surface area (Å²) in [4.78, 5) is 12.0. The minimum absolute atomic E-state index is 0.0939. The van der Waals surface area contributed by atoms with Gasteiger partial charge in [0.15, 0.2) is 11.5 Å². The molecule has 1 aliphatic rings. The van der Waals surface area contributed by atoms with E-state index >= 15 is 0 Å². The predicted molar refractivity (Wildman–Crippen MR) is 83.1 cm³/mol. The molecule has 1 aromatic carbocycles. The highest BCUT2D eigenvalue weighted by Crippen LogP contribution is 2.40. The molecule has 1 amide bonds. The molecule has 0 saturated carbocycles. The summed E-state index contributed by atoms with van der Waals surface area (Å²) in [5.74, 6) is 1.98. The molecule has 21 heavy (non-hydrogen) atoms. The number of amides is 1. The van der Waals surface area contributed by atoms with Crippen molar-refractivity contribution >= 4 is 5.91 Å². The molecule has 0 radical (unpaired) electrons. The number of methoxy groups -OCH3 is 2. The van der Waals surface area contributed by atoms with E-state index in [1.807, 2.05) is 20.8 Å². The lowest BCUT2D eigenvalue weighted by atomic mass is 9.94. The maximum Gasteiger partial charge on any atom is 0.225 e. The Bertz CT molecular complexity index is 532. The number of rotatable bonds is 4. The summed E-state index contributed by atoms with van der Waals surface area (Å²) in [6.45, 7) is 6.47. The van der Waals surface area contributed by atoms with Crippen LogP contribution in [0.4, 0.5) is 0 Å². The van der Waals surface area contributed by atoms with Gasteiger partial charge in [-0.05, 0) is 36.1 Å². The van der Waals surface area contributed by atoms with E-state index in [1.54, 1.807) is 14.2 Å². The molecule has 4 nitrogen and oxygen atoms in total. The van der Waals surface area contributed by atoms with Gasteiger partial charge in [0.05, 0.1) is 14.2 Å². The molecule has 0 saturated heterocycles. The Labute approximate surface area is 126 Å². The van der Waals surface area contributed by atoms with E-state index in [0.717, 1.165) is 24.3 Å². The fourth-order valence-electron chi connectivity index (χ4n) is 2.71. The topological polar surface area (TPSA) is 47.6 Å². The van der Waals surface area contributed by atoms with Crippen molar-refractivity contribution < 1.29 is 14.3 Å². The van der Waals surface area contributed by atoms with Gasteiger partial charge >= 0.3 is 0 Å². The van der Waals surface area contributed by atoms with Crippen molar-refractivity contribution in [3.8, 4) is 11.5 Å². The number of benzene rings is 1. The molecule has 0 aliphatic heterocycles. The van der Waals surface area contributed by atoms with Crippen LogP contribution >= 0.6 is 0 Å². The summed E-state index contributed by atoms with van der Waals surface area (Å²) in [7, 11) is 3.30. The highest BCUT2D eigenvalue weighted by atomic mass is 16.5. The lowest BCUT2D eigenvalue weighted by Crippen LogP contribution is -2.36. The molecule has 0 spiro atoms. The number of hydrogen-bond acceptors (Lipinski definition) is 3. The van der Waals surface area contributed by atoms with Gasteiger partial charge < -0.3 is 14.8 Å². The SMILES string of the molecule is COc1cc2c(cc1OC)C(CNC(=O)C(C)(C)C)CC2. The molecule has 1 aliphatic carbocycles. The second kappa shape index (κ2) is 5.96. The Morgan fingerprint density at radius 1 is 1.24 bits per heavy atom. The van der Waals surface area contributed by atoms with Gasteiger partial charge in [-0.25, -0.2) is 0 Å². The molecule has 0 heterocycles. The Kier molecular flexibility index (Phi) is 4.45. The smallest absolute Gasteiger partial charge is 0.225 e. The summed E-state index contributed by atoms with van der Waals surface area (Å²) >= 11 is 0. The van der Waals surface area contributed by atoms with Crippen LogP contribution in [0.15, 0.2) is 12.1 Å². The molecular formula is C17H25NO3. The van der Waals surface area contributed by atoms with Gasteiger partial charge in [-0.2, -0.15) is 0 Å². The van der Waals surface area contributed by atoms with Gasteiger partial charge in [0, 0.05) is 17.9 Å². The number of ether oxygens (including phenoxy) is 2. The summed E-state index contributed by atoms with van der Waals surface area (Å²) in [5.41, 5.74) is 2.21. The van der Waals surface area contributed by atoms with Gasteiger partial charge in [-0.15, -0.1) is 0 Å². The van der Waals surface area contributed by atoms with E-state index in [0.29, 0.717) is 12.5 Å². The fourth-order valence-corrected chi connectivity index (χ4v) is 2.71. The first-order valence-electron chi connectivity index (χ1n) is 7.40. The molecule has 0 bridgehead atoms. The van der Waals surface area contributed by atoms with Gasteiger partial charge in [0.2, 0.25) is 5.91 Å². The number of nitrogens with one attached hydrogen (secondary N) is 1. The zero-order valence-corrected chi connectivity index (χ0v) is 13.6. The molecular weight excluding hydrogens is 266 g/mol. The molecule has 0 aromatic heterocycles. The van der Waals surface area contributed by atoms with E-state index < -0.39 is 0 Å². The van der Waals surface area contributed by atoms with Crippen molar-refractivity contribution in [1.29, 1.82) is 0 Å². The van der Waals surface area contributed by atoms with Gasteiger partial charge in [-0.3, -0.25) is 4.79 Å². The lowest BCUT2D eigenvalue weighted by molar-refractivity contribution is -0.128. The first kappa shape index (κ1) is 15.7. The number of carbonyl (C=O) groups excluding carboxylic acids is 1. The maximum atomic E-state index is 12.0. The third-order valence-electron chi connectivity index (χ3n) is 4.04. The average molecular weight is 291 g/mol. The zero-order chi connectivity index (χ0) is 15.6. The Hall–Kier alpha value is -1.71. The first-order valence-corrected chi connectivity index (χ1v) is 7.40. The van der Waals surface area contributed by atoms with Gasteiger partial charge in [0.1, 0.15) is 0 Å². The molecule has 0 fully saturated rings. The second-order valence-electron chi connectivity index (χ2n) is 6.60. The number of fused-ring (bicyclic) bond motifs is 1. The standard InChI is InChI=1S/C17H25NO3/c1-17(2,3)16(19)18-10-12-7-6-11-8-14(20-4)15(21-5)9-13(11)12/h8-9,12H,6-7,10H2,1-5H3,(H,18,19). The van der Waals surface area contributed by atoms with E-state index in [4.69, 9.17) is 9.47 Å². The fraction of sp³-hybridized carbons (Fsp3) is 0.588. The largest absolute Gasteiger partial charge is 0.493 e. The van der Waals surface area contributed by atoms with Crippen LogP contribution in [-0.4, -0.2) is 26.7 Å². The van der Waals surface area contributed by atoms with Crippen LogP contribution in [0.1, 0.15) is 44.2 Å². The Balaban J connectivity index is 2.13. The van der Waals surface area contributed by atoms with E-state index in [2.05, 4.69) is 17.4 Å². The van der Waals surface area contributed by atoms with Crippen molar-refractivity contribution in [3.63, 3.8) is 0 Å². The third-order valence-corrected chi connectivity index (χ3v) is 4.04. The highest BCUT2D eigenvalue weighted by Gasteiger charge is 2.27. The van der Waals surface area contributed by atoms with Crippen LogP contribution in [0, 0.1) is 5.41 Å². The second-order valence-corrected chi connectivity index (χ2v) is 6.60. The number of aryl methyl sites for hydroxylation is 1. The minimum atomic E-state index is -0.348. The molecule has 116 valence electrons. The first-order chi connectivity index (χ1) is 9.86. The summed E-state index contributed by atoms with van der Waals surface area (Å²) < 4.78 is 10.7. The van der Waals surface area contributed by atoms with Crippen molar-refractivity contribution in [2.45, 2.75) is 39.5 Å². The average Bonchev–Trinajstić information content (AvgIpc) is 2.84. The predicted octanol–water partition coefficient (Wildman–Crippen LogP) is 2.90. The monoisotopic (exact) mass is 291 g/mol. The molecule has 1 atom stereocenters. The number of carbonyl (C=O) groups is 1. The molecule has 4 heteroatoms. The van der Waals surface area contributed by atoms with Crippen LogP contribution in [0.5, 0.6) is 11.5 Å². The highest BCUT2D eigenvalue weighted by molar-refractivity contribution is 5.81. The number of hydrogen-bond donors (Lipinski definition) is 1. The van der Waals surface area contributed by atoms with Crippen molar-refractivity contribution in [2.75, 3.05) is 20.8 Å². The van der Waals surface area contributed by atoms with Crippen LogP contribution < -0.4 is 14.8 Å². The van der Waals surface area contributed by atoms with Gasteiger partial charge in [-0.1, -0.05) is 20.8 Å². The van der Waals surface area contributed by atoms with Crippen molar-refractivity contribution in [1.82, 2.24) is 5.32 Å². The third kappa shape index (κ3) is 3.31. The van der Waals surface area contributed by atoms with E-state index in [9.17, 15) is 4.79 Å². The van der Waals surface area contributed by atoms with Gasteiger partial charge in [0.25, 0.3) is 0 Å². The molecule has 1 N–H and O–H groups in total. The summed E-state index contributed by atoms with van der Waals surface area (Å²) in [6, 6.07) is 4.11. The summed E-state index contributed by atoms with van der Waals surface area (Å²) in [6.07, 6.45) is 2.07. The zero-order valence-electron chi connectivity index (χ0n) is 13.6. The quantitative estimate of drug-likeness (QED) is 0.928. The normalized spacial score (nSPS) is 17.3. The van der Waals surface area contributed by atoms with Crippen LogP contribution in [0.25, 0.3) is 0 Å². The molecule has 1 unspecified atom stereocenters. The molecule has 1 aromatic rings.